The van der Waals surface area contributed by atoms with Crippen LogP contribution in [0.4, 0.5) is 0 Å². The molecule has 0 saturated carbocycles. The molecule has 0 spiro atoms. The molecule has 0 aromatic carbocycles. The molecule has 0 aliphatic carbocycles. The normalized spacial score (nSPS) is 12.1. The predicted octanol–water partition coefficient (Wildman–Crippen LogP) is 3.93. The monoisotopic (exact) mass is 227 g/mol. The molecule has 15 heavy (non-hydrogen) atoms. The van der Waals surface area contributed by atoms with Crippen LogP contribution in [0.2, 0.25) is 19.1 Å². The van der Waals surface area contributed by atoms with Gasteiger partial charge in [0, 0.05) is 0 Å². The Balaban J connectivity index is 4.02. The molecular formula is C13H29NSi. The van der Waals surface area contributed by atoms with E-state index in [1.54, 1.807) is 0 Å². The van der Waals surface area contributed by atoms with Crippen LogP contribution in [-0.2, 0) is 0 Å². The van der Waals surface area contributed by atoms with Crippen LogP contribution < -0.4 is 0 Å². The second-order valence-corrected chi connectivity index (χ2v) is 10.4. The summed E-state index contributed by atoms with van der Waals surface area (Å²) in [5, 5.41) is 1.44. The molecule has 0 saturated heterocycles. The first-order chi connectivity index (χ1) is 6.94. The van der Waals surface area contributed by atoms with Gasteiger partial charge in [0.1, 0.15) is 0 Å². The number of allylic oxidation sites excluding steroid dienone is 1. The van der Waals surface area contributed by atoms with E-state index in [9.17, 15) is 0 Å². The molecule has 0 atom stereocenters. The van der Waals surface area contributed by atoms with E-state index in [4.69, 9.17) is 0 Å². The van der Waals surface area contributed by atoms with Crippen LogP contribution in [0.15, 0.2) is 11.8 Å². The maximum atomic E-state index is 4.14. The fourth-order valence-corrected chi connectivity index (χ4v) is 2.92. The lowest BCUT2D eigenvalue weighted by Gasteiger charge is -2.28. The molecule has 0 aromatic heterocycles. The van der Waals surface area contributed by atoms with Crippen LogP contribution in [-0.4, -0.2) is 32.6 Å². The van der Waals surface area contributed by atoms with Crippen LogP contribution in [0.3, 0.4) is 0 Å². The molecule has 1 nitrogen and oxygen atoms in total. The van der Waals surface area contributed by atoms with Gasteiger partial charge < -0.3 is 4.90 Å². The second kappa shape index (κ2) is 7.23. The van der Waals surface area contributed by atoms with Crippen molar-refractivity contribution in [3.05, 3.63) is 11.8 Å². The van der Waals surface area contributed by atoms with Crippen LogP contribution >= 0.6 is 0 Å². The molecule has 0 unspecified atom stereocenters. The van der Waals surface area contributed by atoms with Gasteiger partial charge in [0.2, 0.25) is 0 Å². The fraction of sp³-hybridized carbons (Fsp3) is 0.846. The summed E-state index contributed by atoms with van der Waals surface area (Å²) in [6, 6.07) is 1.36. The first kappa shape index (κ1) is 14.9. The van der Waals surface area contributed by atoms with Crippen molar-refractivity contribution < 1.29 is 0 Å². The van der Waals surface area contributed by atoms with Gasteiger partial charge in [-0.25, -0.2) is 0 Å². The van der Waals surface area contributed by atoms with E-state index in [1.807, 2.05) is 0 Å². The second-order valence-electron chi connectivity index (χ2n) is 5.26. The molecule has 0 radical (unpaired) electrons. The Morgan fingerprint density at radius 1 is 1.07 bits per heavy atom. The standard InChI is InChI=1S/C13H29NSi/c1-7-9-14(10-8-2)11-12-15(5,6)13(3)4/h3,7-12H2,1-2,4-6H3. The maximum Gasteiger partial charge on any atom is 0.0755 e. The van der Waals surface area contributed by atoms with Gasteiger partial charge in [-0.2, -0.15) is 0 Å². The first-order valence-electron chi connectivity index (χ1n) is 6.32. The fourth-order valence-electron chi connectivity index (χ4n) is 1.62. The highest BCUT2D eigenvalue weighted by Gasteiger charge is 2.21. The summed E-state index contributed by atoms with van der Waals surface area (Å²) in [5.74, 6) is 0. The summed E-state index contributed by atoms with van der Waals surface area (Å²) < 4.78 is 0. The third-order valence-electron chi connectivity index (χ3n) is 3.29. The van der Waals surface area contributed by atoms with Crippen molar-refractivity contribution in [2.24, 2.45) is 0 Å². The van der Waals surface area contributed by atoms with Crippen molar-refractivity contribution >= 4 is 8.07 Å². The lowest BCUT2D eigenvalue weighted by atomic mass is 10.3. The lowest BCUT2D eigenvalue weighted by molar-refractivity contribution is 0.288. The van der Waals surface area contributed by atoms with Gasteiger partial charge in [-0.05, 0) is 45.4 Å². The predicted molar refractivity (Wildman–Crippen MR) is 74.1 cm³/mol. The Morgan fingerprint density at radius 3 is 1.87 bits per heavy atom. The number of nitrogens with zero attached hydrogens (tertiary/aromatic N) is 1. The largest absolute Gasteiger partial charge is 0.304 e. The van der Waals surface area contributed by atoms with E-state index in [0.717, 1.165) is 0 Å². The van der Waals surface area contributed by atoms with Gasteiger partial charge in [-0.1, -0.05) is 32.1 Å². The zero-order valence-corrected chi connectivity index (χ0v) is 12.4. The van der Waals surface area contributed by atoms with Gasteiger partial charge in [-0.15, -0.1) is 6.58 Å². The number of rotatable bonds is 8. The number of hydrogen-bond donors (Lipinski definition) is 0. The van der Waals surface area contributed by atoms with E-state index < -0.39 is 8.07 Å². The van der Waals surface area contributed by atoms with Crippen LogP contribution in [0.5, 0.6) is 0 Å². The van der Waals surface area contributed by atoms with E-state index in [-0.39, 0.29) is 0 Å². The highest BCUT2D eigenvalue weighted by Crippen LogP contribution is 2.18. The molecule has 0 heterocycles. The highest BCUT2D eigenvalue weighted by molar-refractivity contribution is 6.84. The maximum absolute atomic E-state index is 4.14. The molecule has 0 N–H and O–H groups in total. The molecule has 2 heteroatoms. The SMILES string of the molecule is C=C(C)[Si](C)(C)CCN(CCC)CCC. The molecule has 0 fully saturated rings. The van der Waals surface area contributed by atoms with Gasteiger partial charge in [0.25, 0.3) is 0 Å². The van der Waals surface area contributed by atoms with Crippen molar-refractivity contribution in [1.29, 1.82) is 0 Å². The summed E-state index contributed by atoms with van der Waals surface area (Å²) in [6.45, 7) is 19.5. The van der Waals surface area contributed by atoms with E-state index >= 15 is 0 Å². The highest BCUT2D eigenvalue weighted by atomic mass is 28.3. The summed E-state index contributed by atoms with van der Waals surface area (Å²) >= 11 is 0. The van der Waals surface area contributed by atoms with Gasteiger partial charge >= 0.3 is 0 Å². The molecule has 0 amide bonds. The van der Waals surface area contributed by atoms with Crippen LogP contribution in [0.1, 0.15) is 33.6 Å². The van der Waals surface area contributed by atoms with Crippen molar-refractivity contribution in [3.8, 4) is 0 Å². The smallest absolute Gasteiger partial charge is 0.0755 e. The number of hydrogen-bond acceptors (Lipinski definition) is 1. The summed E-state index contributed by atoms with van der Waals surface area (Å²) in [7, 11) is -1.14. The van der Waals surface area contributed by atoms with Gasteiger partial charge in [-0.3, -0.25) is 0 Å². The Bertz CT molecular complexity index is 181. The molecule has 0 bridgehead atoms. The zero-order chi connectivity index (χ0) is 11.9. The average molecular weight is 227 g/mol. The Morgan fingerprint density at radius 2 is 1.53 bits per heavy atom. The third kappa shape index (κ3) is 6.16. The van der Waals surface area contributed by atoms with E-state index in [0.29, 0.717) is 0 Å². The topological polar surface area (TPSA) is 3.24 Å². The van der Waals surface area contributed by atoms with Gasteiger partial charge in [0.15, 0.2) is 0 Å². The minimum Gasteiger partial charge on any atom is -0.304 e. The lowest BCUT2D eigenvalue weighted by Crippen LogP contribution is -2.35. The van der Waals surface area contributed by atoms with Crippen molar-refractivity contribution in [2.45, 2.75) is 52.8 Å². The van der Waals surface area contributed by atoms with Crippen LogP contribution in [0.25, 0.3) is 0 Å². The van der Waals surface area contributed by atoms with E-state index in [1.165, 1.54) is 43.7 Å². The molecule has 0 rings (SSSR count). The van der Waals surface area contributed by atoms with Crippen molar-refractivity contribution in [1.82, 2.24) is 4.90 Å². The minimum absolute atomic E-state index is 1.14. The first-order valence-corrected chi connectivity index (χ1v) is 9.53. The average Bonchev–Trinajstić information content (AvgIpc) is 2.15. The minimum atomic E-state index is -1.14. The third-order valence-corrected chi connectivity index (χ3v) is 7.07. The molecular weight excluding hydrogens is 198 g/mol. The van der Waals surface area contributed by atoms with Crippen molar-refractivity contribution in [2.75, 3.05) is 19.6 Å². The Labute approximate surface area is 97.6 Å². The van der Waals surface area contributed by atoms with Crippen molar-refractivity contribution in [3.63, 3.8) is 0 Å². The molecule has 0 aliphatic rings. The Kier molecular flexibility index (Phi) is 7.19. The summed E-state index contributed by atoms with van der Waals surface area (Å²) in [4.78, 5) is 2.61. The molecule has 0 aromatic rings. The van der Waals surface area contributed by atoms with E-state index in [2.05, 4.69) is 45.3 Å². The van der Waals surface area contributed by atoms with Gasteiger partial charge in [0.05, 0.1) is 8.07 Å². The molecule has 90 valence electrons. The Hall–Kier alpha value is -0.0831. The zero-order valence-electron chi connectivity index (χ0n) is 11.4. The summed E-state index contributed by atoms with van der Waals surface area (Å²) in [5.41, 5.74) is 0. The summed E-state index contributed by atoms with van der Waals surface area (Å²) in [6.07, 6.45) is 2.55. The molecule has 0 aliphatic heterocycles. The quantitative estimate of drug-likeness (QED) is 0.568. The van der Waals surface area contributed by atoms with Crippen LogP contribution in [0, 0.1) is 0 Å².